The van der Waals surface area contributed by atoms with E-state index in [1.54, 1.807) is 35.2 Å². The fourth-order valence-electron chi connectivity index (χ4n) is 6.20. The van der Waals surface area contributed by atoms with Gasteiger partial charge in [-0.1, -0.05) is 48.3 Å². The highest BCUT2D eigenvalue weighted by atomic mass is 35.5. The lowest BCUT2D eigenvalue weighted by atomic mass is 9.94. The Morgan fingerprint density at radius 2 is 1.80 bits per heavy atom. The standard InChI is InChI=1S/C31H35Cl2FN4O3/c1-20(5-6-21-3-2-4-23(34)17-21)30(40)36-14-11-24(12-15-36)38-28-13-16-37(19-27(28)35-31(38)41)29(39)10-8-22-7-9-25(32)26(33)18-22/h2-4,7-10,17-18,20,24,27-28H,5-6,11-16,19H2,1H3,(H,35,41)/b10-8+. The molecule has 0 aliphatic carbocycles. The van der Waals surface area contributed by atoms with Crippen molar-refractivity contribution in [2.75, 3.05) is 26.2 Å². The van der Waals surface area contributed by atoms with Crippen molar-refractivity contribution in [3.8, 4) is 0 Å². The van der Waals surface area contributed by atoms with Crippen LogP contribution in [0.4, 0.5) is 9.18 Å². The summed E-state index contributed by atoms with van der Waals surface area (Å²) in [7, 11) is 0. The van der Waals surface area contributed by atoms with E-state index in [2.05, 4.69) is 5.32 Å². The summed E-state index contributed by atoms with van der Waals surface area (Å²) in [4.78, 5) is 44.6. The van der Waals surface area contributed by atoms with E-state index in [-0.39, 0.29) is 47.7 Å². The Kier molecular flexibility index (Phi) is 9.19. The number of halogens is 3. The van der Waals surface area contributed by atoms with Gasteiger partial charge < -0.3 is 20.0 Å². The highest BCUT2D eigenvalue weighted by molar-refractivity contribution is 6.42. The maximum atomic E-state index is 13.5. The molecule has 0 aromatic heterocycles. The van der Waals surface area contributed by atoms with E-state index in [1.807, 2.05) is 22.8 Å². The van der Waals surface area contributed by atoms with E-state index in [0.717, 1.165) is 24.0 Å². The number of amides is 4. The molecule has 3 heterocycles. The number of urea groups is 1. The Balaban J connectivity index is 1.10. The van der Waals surface area contributed by atoms with Crippen LogP contribution in [0.5, 0.6) is 0 Å². The normalized spacial score (nSPS) is 22.1. The third-order valence-corrected chi connectivity index (χ3v) is 9.24. The maximum absolute atomic E-state index is 13.5. The number of carbonyl (C=O) groups is 3. The number of nitrogens with zero attached hydrogens (tertiary/aromatic N) is 3. The van der Waals surface area contributed by atoms with Crippen LogP contribution in [0.15, 0.2) is 48.5 Å². The molecule has 3 aliphatic heterocycles. The second kappa shape index (κ2) is 12.8. The zero-order valence-electron chi connectivity index (χ0n) is 23.1. The highest BCUT2D eigenvalue weighted by Gasteiger charge is 2.46. The lowest BCUT2D eigenvalue weighted by Crippen LogP contribution is -2.55. The van der Waals surface area contributed by atoms with Gasteiger partial charge >= 0.3 is 6.03 Å². The molecule has 0 radical (unpaired) electrons. The molecule has 218 valence electrons. The second-order valence-corrected chi connectivity index (χ2v) is 12.1. The smallest absolute Gasteiger partial charge is 0.318 e. The van der Waals surface area contributed by atoms with Gasteiger partial charge in [-0.2, -0.15) is 0 Å². The van der Waals surface area contributed by atoms with E-state index in [4.69, 9.17) is 23.2 Å². The molecule has 41 heavy (non-hydrogen) atoms. The summed E-state index contributed by atoms with van der Waals surface area (Å²) in [5, 5.41) is 3.99. The summed E-state index contributed by atoms with van der Waals surface area (Å²) in [6, 6.07) is 11.6. The van der Waals surface area contributed by atoms with Crippen molar-refractivity contribution < 1.29 is 18.8 Å². The van der Waals surface area contributed by atoms with Crippen LogP contribution in [0.2, 0.25) is 10.0 Å². The maximum Gasteiger partial charge on any atom is 0.318 e. The van der Waals surface area contributed by atoms with Crippen LogP contribution in [0.3, 0.4) is 0 Å². The van der Waals surface area contributed by atoms with Crippen molar-refractivity contribution in [3.63, 3.8) is 0 Å². The number of hydrogen-bond acceptors (Lipinski definition) is 3. The highest BCUT2D eigenvalue weighted by Crippen LogP contribution is 2.30. The minimum Gasteiger partial charge on any atom is -0.342 e. The van der Waals surface area contributed by atoms with Crippen molar-refractivity contribution in [2.45, 2.75) is 57.2 Å². The largest absolute Gasteiger partial charge is 0.342 e. The van der Waals surface area contributed by atoms with Crippen LogP contribution in [0, 0.1) is 11.7 Å². The Morgan fingerprint density at radius 3 is 2.54 bits per heavy atom. The fourth-order valence-corrected chi connectivity index (χ4v) is 6.51. The molecule has 3 atom stereocenters. The zero-order valence-corrected chi connectivity index (χ0v) is 24.6. The molecule has 1 N–H and O–H groups in total. The van der Waals surface area contributed by atoms with Gasteiger partial charge in [0.05, 0.1) is 22.1 Å². The summed E-state index contributed by atoms with van der Waals surface area (Å²) >= 11 is 12.0. The monoisotopic (exact) mass is 600 g/mol. The van der Waals surface area contributed by atoms with Gasteiger partial charge in [-0.25, -0.2) is 9.18 Å². The number of rotatable bonds is 7. The molecule has 3 saturated heterocycles. The third kappa shape index (κ3) is 6.87. The van der Waals surface area contributed by atoms with Gasteiger partial charge in [0.1, 0.15) is 5.82 Å². The van der Waals surface area contributed by atoms with Gasteiger partial charge in [0.15, 0.2) is 0 Å². The van der Waals surface area contributed by atoms with Crippen molar-refractivity contribution in [1.29, 1.82) is 0 Å². The van der Waals surface area contributed by atoms with Crippen molar-refractivity contribution >= 4 is 47.1 Å². The minimum atomic E-state index is -0.259. The predicted molar refractivity (Wildman–Crippen MR) is 158 cm³/mol. The molecule has 5 rings (SSSR count). The van der Waals surface area contributed by atoms with Crippen LogP contribution in [0.1, 0.15) is 43.7 Å². The van der Waals surface area contributed by atoms with Gasteiger partial charge in [0.25, 0.3) is 0 Å². The number of carbonyl (C=O) groups excluding carboxylic acids is 3. The average molecular weight is 602 g/mol. The number of benzene rings is 2. The number of fused-ring (bicyclic) bond motifs is 1. The summed E-state index contributed by atoms with van der Waals surface area (Å²) in [5.41, 5.74) is 1.68. The average Bonchev–Trinajstić information content (AvgIpc) is 3.30. The lowest BCUT2D eigenvalue weighted by molar-refractivity contribution is -0.136. The topological polar surface area (TPSA) is 73.0 Å². The van der Waals surface area contributed by atoms with Crippen LogP contribution in [-0.2, 0) is 16.0 Å². The van der Waals surface area contributed by atoms with E-state index in [0.29, 0.717) is 55.5 Å². The molecular formula is C31H35Cl2FN4O3. The quantitative estimate of drug-likeness (QED) is 0.432. The molecule has 0 saturated carbocycles. The Labute approximate surface area is 250 Å². The number of aryl methyl sites for hydroxylation is 1. The molecule has 2 aromatic carbocycles. The first-order chi connectivity index (χ1) is 19.7. The SMILES string of the molecule is CC(CCc1cccc(F)c1)C(=O)N1CCC(N2C(=O)NC3CN(C(=O)/C=C/c4ccc(Cl)c(Cl)c4)CCC32)CC1. The van der Waals surface area contributed by atoms with Crippen LogP contribution < -0.4 is 5.32 Å². The van der Waals surface area contributed by atoms with Crippen molar-refractivity contribution in [3.05, 3.63) is 75.5 Å². The number of nitrogens with one attached hydrogen (secondary N) is 1. The molecule has 0 bridgehead atoms. The summed E-state index contributed by atoms with van der Waals surface area (Å²) in [6.45, 7) is 4.17. The minimum absolute atomic E-state index is 0.0306. The Bertz CT molecular complexity index is 1330. The Morgan fingerprint density at radius 1 is 1.05 bits per heavy atom. The molecule has 4 amide bonds. The molecule has 10 heteroatoms. The van der Waals surface area contributed by atoms with Gasteiger partial charge in [-0.15, -0.1) is 0 Å². The lowest BCUT2D eigenvalue weighted by Gasteiger charge is -2.42. The van der Waals surface area contributed by atoms with E-state index in [1.165, 1.54) is 18.2 Å². The molecule has 3 unspecified atom stereocenters. The van der Waals surface area contributed by atoms with Gasteiger partial charge in [-0.3, -0.25) is 9.59 Å². The van der Waals surface area contributed by atoms with Crippen molar-refractivity contribution in [1.82, 2.24) is 20.0 Å². The molecule has 0 spiro atoms. The molecule has 3 fully saturated rings. The fraction of sp³-hybridized carbons (Fsp3) is 0.452. The summed E-state index contributed by atoms with van der Waals surface area (Å²) in [6.07, 6.45) is 6.73. The van der Waals surface area contributed by atoms with Crippen molar-refractivity contribution in [2.24, 2.45) is 5.92 Å². The van der Waals surface area contributed by atoms with Gasteiger partial charge in [0, 0.05) is 44.2 Å². The first kappa shape index (κ1) is 29.4. The molecule has 3 aliphatic rings. The third-order valence-electron chi connectivity index (χ3n) is 8.50. The van der Waals surface area contributed by atoms with Crippen LogP contribution in [0.25, 0.3) is 6.08 Å². The van der Waals surface area contributed by atoms with Gasteiger partial charge in [0.2, 0.25) is 11.8 Å². The second-order valence-electron chi connectivity index (χ2n) is 11.2. The number of piperidine rings is 2. The zero-order chi connectivity index (χ0) is 29.1. The van der Waals surface area contributed by atoms with Crippen LogP contribution >= 0.6 is 23.2 Å². The van der Waals surface area contributed by atoms with E-state index >= 15 is 0 Å². The summed E-state index contributed by atoms with van der Waals surface area (Å²) < 4.78 is 13.5. The molecule has 7 nitrogen and oxygen atoms in total. The Hall–Kier alpha value is -3.10. The number of hydrogen-bond donors (Lipinski definition) is 1. The summed E-state index contributed by atoms with van der Waals surface area (Å²) in [5.74, 6) is -0.405. The van der Waals surface area contributed by atoms with E-state index in [9.17, 15) is 18.8 Å². The van der Waals surface area contributed by atoms with Gasteiger partial charge in [-0.05, 0) is 73.6 Å². The predicted octanol–water partition coefficient (Wildman–Crippen LogP) is 5.40. The first-order valence-electron chi connectivity index (χ1n) is 14.2. The molecular weight excluding hydrogens is 566 g/mol. The van der Waals surface area contributed by atoms with E-state index < -0.39 is 0 Å². The molecule has 2 aromatic rings. The number of likely N-dealkylation sites (tertiary alicyclic amines) is 2. The first-order valence-corrected chi connectivity index (χ1v) is 15.0. The van der Waals surface area contributed by atoms with Crippen LogP contribution in [-0.4, -0.2) is 76.8 Å².